The Balaban J connectivity index is 2.22. The molecule has 1 heterocycles. The smallest absolute Gasteiger partial charge is 0.170 e. The first-order chi connectivity index (χ1) is 7.90. The quantitative estimate of drug-likeness (QED) is 0.794. The van der Waals surface area contributed by atoms with Crippen molar-refractivity contribution in [1.29, 1.82) is 0 Å². The molecule has 1 N–H and O–H groups in total. The Morgan fingerprint density at radius 2 is 2.12 bits per heavy atom. The molecular formula is C13H13NO2. The minimum atomic E-state index is -0.0407. The van der Waals surface area contributed by atoms with Crippen molar-refractivity contribution in [3.05, 3.63) is 41.1 Å². The molecule has 3 nitrogen and oxygen atoms in total. The van der Waals surface area contributed by atoms with Gasteiger partial charge in [0.15, 0.2) is 5.76 Å². The van der Waals surface area contributed by atoms with E-state index < -0.39 is 0 Å². The van der Waals surface area contributed by atoms with Crippen molar-refractivity contribution < 1.29 is 9.63 Å². The fourth-order valence-corrected chi connectivity index (χ4v) is 2.35. The molecule has 0 radical (unpaired) electrons. The molecule has 1 aromatic heterocycles. The van der Waals surface area contributed by atoms with Gasteiger partial charge in [0, 0.05) is 11.1 Å². The molecule has 16 heavy (non-hydrogen) atoms. The summed E-state index contributed by atoms with van der Waals surface area (Å²) in [5.41, 5.74) is 4.20. The normalized spacial score (nSPS) is 14.1. The van der Waals surface area contributed by atoms with Crippen LogP contribution >= 0.6 is 0 Å². The zero-order valence-electron chi connectivity index (χ0n) is 8.94. The molecule has 0 atom stereocenters. The predicted octanol–water partition coefficient (Wildman–Crippen LogP) is 2.32. The first-order valence-corrected chi connectivity index (χ1v) is 5.56. The molecule has 0 amide bonds. The number of aryl methyl sites for hydroxylation is 1. The van der Waals surface area contributed by atoms with Crippen LogP contribution in [0, 0.1) is 0 Å². The number of hydrogen-bond donors (Lipinski definition) is 1. The van der Waals surface area contributed by atoms with Crippen LogP contribution in [0.3, 0.4) is 0 Å². The number of rotatable bonds is 1. The predicted molar refractivity (Wildman–Crippen MR) is 59.9 cm³/mol. The second-order valence-electron chi connectivity index (χ2n) is 4.11. The molecule has 1 aliphatic rings. The van der Waals surface area contributed by atoms with Crippen LogP contribution in [-0.4, -0.2) is 10.3 Å². The number of benzene rings is 1. The van der Waals surface area contributed by atoms with E-state index in [0.29, 0.717) is 5.69 Å². The molecule has 0 unspecified atom stereocenters. The molecule has 82 valence electrons. The largest absolute Gasteiger partial charge is 0.390 e. The van der Waals surface area contributed by atoms with Crippen molar-refractivity contribution in [2.45, 2.75) is 25.9 Å². The first kappa shape index (κ1) is 9.60. The minimum Gasteiger partial charge on any atom is -0.390 e. The van der Waals surface area contributed by atoms with Gasteiger partial charge >= 0.3 is 0 Å². The van der Waals surface area contributed by atoms with E-state index in [9.17, 15) is 5.11 Å². The fraction of sp³-hybridized carbons (Fsp3) is 0.308. The lowest BCUT2D eigenvalue weighted by Crippen LogP contribution is -1.91. The summed E-state index contributed by atoms with van der Waals surface area (Å²) in [6, 6.07) is 8.25. The van der Waals surface area contributed by atoms with Crippen molar-refractivity contribution in [3.8, 4) is 11.3 Å². The van der Waals surface area contributed by atoms with Crippen LogP contribution in [0.25, 0.3) is 11.3 Å². The Bertz CT molecular complexity index is 516. The van der Waals surface area contributed by atoms with Gasteiger partial charge in [-0.3, -0.25) is 0 Å². The first-order valence-electron chi connectivity index (χ1n) is 5.56. The second-order valence-corrected chi connectivity index (χ2v) is 4.11. The van der Waals surface area contributed by atoms with E-state index in [-0.39, 0.29) is 6.61 Å². The van der Waals surface area contributed by atoms with Gasteiger partial charge in [0.25, 0.3) is 0 Å². The van der Waals surface area contributed by atoms with Gasteiger partial charge in [0.1, 0.15) is 5.69 Å². The van der Waals surface area contributed by atoms with Crippen LogP contribution in [0.5, 0.6) is 0 Å². The van der Waals surface area contributed by atoms with Gasteiger partial charge in [0.2, 0.25) is 0 Å². The van der Waals surface area contributed by atoms with Crippen LogP contribution < -0.4 is 0 Å². The Labute approximate surface area is 93.7 Å². The molecule has 3 heteroatoms. The molecule has 1 aromatic carbocycles. The van der Waals surface area contributed by atoms with Gasteiger partial charge in [0.05, 0.1) is 6.61 Å². The van der Waals surface area contributed by atoms with Crippen LogP contribution in [0.4, 0.5) is 0 Å². The maximum atomic E-state index is 9.20. The molecular weight excluding hydrogens is 202 g/mol. The van der Waals surface area contributed by atoms with Crippen molar-refractivity contribution in [1.82, 2.24) is 5.16 Å². The topological polar surface area (TPSA) is 46.3 Å². The van der Waals surface area contributed by atoms with Crippen molar-refractivity contribution >= 4 is 0 Å². The standard InChI is InChI=1S/C13H13NO2/c15-8-12-11-7-3-5-9-4-1-2-6-10(9)13(11)16-14-12/h1-2,4,6,15H,3,5,7-8H2. The summed E-state index contributed by atoms with van der Waals surface area (Å²) in [5.74, 6) is 0.845. The maximum Gasteiger partial charge on any atom is 0.170 e. The summed E-state index contributed by atoms with van der Waals surface area (Å²) in [6.45, 7) is -0.0407. The van der Waals surface area contributed by atoms with Crippen LogP contribution in [0.1, 0.15) is 23.2 Å². The van der Waals surface area contributed by atoms with Gasteiger partial charge in [-0.25, -0.2) is 0 Å². The highest BCUT2D eigenvalue weighted by Crippen LogP contribution is 2.33. The molecule has 0 fully saturated rings. The van der Waals surface area contributed by atoms with E-state index in [1.807, 2.05) is 12.1 Å². The minimum absolute atomic E-state index is 0.0407. The molecule has 0 bridgehead atoms. The molecule has 0 saturated heterocycles. The highest BCUT2D eigenvalue weighted by molar-refractivity contribution is 5.67. The van der Waals surface area contributed by atoms with E-state index in [1.165, 1.54) is 5.56 Å². The molecule has 0 saturated carbocycles. The highest BCUT2D eigenvalue weighted by Gasteiger charge is 2.21. The summed E-state index contributed by atoms with van der Waals surface area (Å²) in [7, 11) is 0. The summed E-state index contributed by atoms with van der Waals surface area (Å²) >= 11 is 0. The lowest BCUT2D eigenvalue weighted by Gasteiger charge is -2.02. The van der Waals surface area contributed by atoms with Gasteiger partial charge in [-0.05, 0) is 24.8 Å². The fourth-order valence-electron chi connectivity index (χ4n) is 2.35. The van der Waals surface area contributed by atoms with Crippen molar-refractivity contribution in [2.75, 3.05) is 0 Å². The van der Waals surface area contributed by atoms with Crippen LogP contribution in [0.15, 0.2) is 28.8 Å². The molecule has 0 aliphatic heterocycles. The molecule has 3 rings (SSSR count). The molecule has 1 aliphatic carbocycles. The van der Waals surface area contributed by atoms with Crippen LogP contribution in [-0.2, 0) is 19.4 Å². The third-order valence-corrected chi connectivity index (χ3v) is 3.15. The summed E-state index contributed by atoms with van der Waals surface area (Å²) < 4.78 is 5.37. The zero-order valence-corrected chi connectivity index (χ0v) is 8.94. The maximum absolute atomic E-state index is 9.20. The van der Waals surface area contributed by atoms with Gasteiger partial charge < -0.3 is 9.63 Å². The van der Waals surface area contributed by atoms with Gasteiger partial charge in [-0.2, -0.15) is 0 Å². The van der Waals surface area contributed by atoms with Crippen molar-refractivity contribution in [2.24, 2.45) is 0 Å². The summed E-state index contributed by atoms with van der Waals surface area (Å²) in [5, 5.41) is 13.1. The lowest BCUT2D eigenvalue weighted by molar-refractivity contribution is 0.266. The Hall–Kier alpha value is -1.61. The van der Waals surface area contributed by atoms with Crippen LogP contribution in [0.2, 0.25) is 0 Å². The Morgan fingerprint density at radius 1 is 1.25 bits per heavy atom. The number of aliphatic hydroxyl groups excluding tert-OH is 1. The molecule has 2 aromatic rings. The Morgan fingerprint density at radius 3 is 3.00 bits per heavy atom. The monoisotopic (exact) mass is 215 g/mol. The number of aromatic nitrogens is 1. The van der Waals surface area contributed by atoms with E-state index in [1.54, 1.807) is 0 Å². The SMILES string of the molecule is OCc1noc2c1CCCc1ccccc1-2. The van der Waals surface area contributed by atoms with Crippen molar-refractivity contribution in [3.63, 3.8) is 0 Å². The van der Waals surface area contributed by atoms with E-state index in [2.05, 4.69) is 17.3 Å². The third-order valence-electron chi connectivity index (χ3n) is 3.15. The molecule has 0 spiro atoms. The zero-order chi connectivity index (χ0) is 11.0. The average molecular weight is 215 g/mol. The summed E-state index contributed by atoms with van der Waals surface area (Å²) in [4.78, 5) is 0. The third kappa shape index (κ3) is 1.36. The van der Waals surface area contributed by atoms with E-state index >= 15 is 0 Å². The summed E-state index contributed by atoms with van der Waals surface area (Å²) in [6.07, 6.45) is 3.08. The van der Waals surface area contributed by atoms with E-state index in [4.69, 9.17) is 4.52 Å². The lowest BCUT2D eigenvalue weighted by atomic mass is 10.0. The second kappa shape index (κ2) is 3.76. The highest BCUT2D eigenvalue weighted by atomic mass is 16.5. The number of aliphatic hydroxyl groups is 1. The number of nitrogens with zero attached hydrogens (tertiary/aromatic N) is 1. The van der Waals surface area contributed by atoms with Gasteiger partial charge in [-0.15, -0.1) is 0 Å². The Kier molecular flexibility index (Phi) is 2.26. The number of hydrogen-bond acceptors (Lipinski definition) is 3. The van der Waals surface area contributed by atoms with Gasteiger partial charge in [-0.1, -0.05) is 29.4 Å². The average Bonchev–Trinajstić information content (AvgIpc) is 2.64. The van der Waals surface area contributed by atoms with E-state index in [0.717, 1.165) is 36.1 Å². The number of fused-ring (bicyclic) bond motifs is 3.